The van der Waals surface area contributed by atoms with Crippen molar-refractivity contribution in [2.45, 2.75) is 46.2 Å². The molecule has 144 valence electrons. The normalized spacial score (nSPS) is 11.7. The fraction of sp³-hybridized carbons (Fsp3) is 0.364. The van der Waals surface area contributed by atoms with E-state index < -0.39 is 11.9 Å². The van der Waals surface area contributed by atoms with E-state index in [0.717, 1.165) is 17.5 Å². The zero-order valence-electron chi connectivity index (χ0n) is 16.2. The molecule has 2 aromatic carbocycles. The fourth-order valence-electron chi connectivity index (χ4n) is 2.86. The standard InChI is InChI=1S/C22H27FN2O2/c1-4-13-24-22(27)17(3)25(15-19-11-6-5-9-16(19)2)21(26)14-18-10-7-8-12-20(18)23/h5-12,17H,4,13-15H2,1-3H3,(H,24,27)/t17-/m1/s1. The average Bonchev–Trinajstić information content (AvgIpc) is 2.66. The summed E-state index contributed by atoms with van der Waals surface area (Å²) < 4.78 is 14.0. The molecule has 0 aromatic heterocycles. The van der Waals surface area contributed by atoms with Gasteiger partial charge in [-0.25, -0.2) is 4.39 Å². The number of nitrogens with one attached hydrogen (secondary N) is 1. The van der Waals surface area contributed by atoms with Crippen LogP contribution >= 0.6 is 0 Å². The van der Waals surface area contributed by atoms with E-state index in [1.54, 1.807) is 25.1 Å². The SMILES string of the molecule is CCCNC(=O)[C@@H](C)N(Cc1ccccc1C)C(=O)Cc1ccccc1F. The van der Waals surface area contributed by atoms with Crippen molar-refractivity contribution in [1.82, 2.24) is 10.2 Å². The monoisotopic (exact) mass is 370 g/mol. The minimum Gasteiger partial charge on any atom is -0.354 e. The molecular weight excluding hydrogens is 343 g/mol. The second-order valence-corrected chi connectivity index (χ2v) is 6.68. The van der Waals surface area contributed by atoms with Crippen molar-refractivity contribution in [3.63, 3.8) is 0 Å². The molecule has 1 N–H and O–H groups in total. The summed E-state index contributed by atoms with van der Waals surface area (Å²) >= 11 is 0. The molecule has 5 heteroatoms. The minimum atomic E-state index is -0.643. The first kappa shape index (κ1) is 20.6. The van der Waals surface area contributed by atoms with E-state index in [0.29, 0.717) is 18.7 Å². The molecular formula is C22H27FN2O2. The third kappa shape index (κ3) is 5.64. The number of nitrogens with zero attached hydrogens (tertiary/aromatic N) is 1. The minimum absolute atomic E-state index is 0.0794. The van der Waals surface area contributed by atoms with Crippen LogP contribution in [0.5, 0.6) is 0 Å². The molecule has 2 aromatic rings. The molecule has 0 spiro atoms. The molecule has 2 rings (SSSR count). The first-order valence-corrected chi connectivity index (χ1v) is 9.29. The van der Waals surface area contributed by atoms with Gasteiger partial charge in [-0.1, -0.05) is 49.4 Å². The molecule has 0 aliphatic carbocycles. The Kier molecular flexibility index (Phi) is 7.53. The lowest BCUT2D eigenvalue weighted by molar-refractivity contribution is -0.140. The van der Waals surface area contributed by atoms with Gasteiger partial charge >= 0.3 is 0 Å². The van der Waals surface area contributed by atoms with Crippen LogP contribution in [0.15, 0.2) is 48.5 Å². The van der Waals surface area contributed by atoms with Crippen LogP contribution in [-0.2, 0) is 22.6 Å². The van der Waals surface area contributed by atoms with Gasteiger partial charge in [0.25, 0.3) is 0 Å². The molecule has 0 radical (unpaired) electrons. The van der Waals surface area contributed by atoms with E-state index in [1.807, 2.05) is 38.1 Å². The van der Waals surface area contributed by atoms with Crippen molar-refractivity contribution in [2.75, 3.05) is 6.54 Å². The van der Waals surface area contributed by atoms with Gasteiger partial charge in [-0.15, -0.1) is 0 Å². The zero-order chi connectivity index (χ0) is 19.8. The van der Waals surface area contributed by atoms with Gasteiger partial charge in [0.1, 0.15) is 11.9 Å². The van der Waals surface area contributed by atoms with Gasteiger partial charge in [0.05, 0.1) is 6.42 Å². The van der Waals surface area contributed by atoms with Crippen LogP contribution in [0.4, 0.5) is 4.39 Å². The topological polar surface area (TPSA) is 49.4 Å². The van der Waals surface area contributed by atoms with Crippen molar-refractivity contribution >= 4 is 11.8 Å². The summed E-state index contributed by atoms with van der Waals surface area (Å²) in [6.07, 6.45) is 0.739. The number of aryl methyl sites for hydroxylation is 1. The Hall–Kier alpha value is -2.69. The van der Waals surface area contributed by atoms with Crippen molar-refractivity contribution in [2.24, 2.45) is 0 Å². The smallest absolute Gasteiger partial charge is 0.242 e. The Morgan fingerprint density at radius 3 is 2.33 bits per heavy atom. The van der Waals surface area contributed by atoms with E-state index in [1.165, 1.54) is 11.0 Å². The quantitative estimate of drug-likeness (QED) is 0.772. The van der Waals surface area contributed by atoms with E-state index >= 15 is 0 Å². The lowest BCUT2D eigenvalue weighted by Crippen LogP contribution is -2.48. The highest BCUT2D eigenvalue weighted by Crippen LogP contribution is 2.16. The van der Waals surface area contributed by atoms with Crippen LogP contribution in [0.3, 0.4) is 0 Å². The molecule has 0 aliphatic heterocycles. The highest BCUT2D eigenvalue weighted by Gasteiger charge is 2.26. The number of hydrogen-bond donors (Lipinski definition) is 1. The van der Waals surface area contributed by atoms with Gasteiger partial charge in [-0.2, -0.15) is 0 Å². The summed E-state index contributed by atoms with van der Waals surface area (Å²) in [5.41, 5.74) is 2.34. The van der Waals surface area contributed by atoms with E-state index in [9.17, 15) is 14.0 Å². The van der Waals surface area contributed by atoms with E-state index in [-0.39, 0.29) is 18.2 Å². The largest absolute Gasteiger partial charge is 0.354 e. The number of hydrogen-bond acceptors (Lipinski definition) is 2. The number of carbonyl (C=O) groups is 2. The maximum Gasteiger partial charge on any atom is 0.242 e. The lowest BCUT2D eigenvalue weighted by atomic mass is 10.1. The summed E-state index contributed by atoms with van der Waals surface area (Å²) in [6, 6.07) is 13.3. The van der Waals surface area contributed by atoms with Crippen molar-refractivity contribution in [1.29, 1.82) is 0 Å². The first-order valence-electron chi connectivity index (χ1n) is 9.29. The molecule has 4 nitrogen and oxygen atoms in total. The Labute approximate surface area is 160 Å². The molecule has 27 heavy (non-hydrogen) atoms. The van der Waals surface area contributed by atoms with E-state index in [4.69, 9.17) is 0 Å². The number of benzene rings is 2. The van der Waals surface area contributed by atoms with Crippen molar-refractivity contribution in [3.05, 3.63) is 71.0 Å². The van der Waals surface area contributed by atoms with Crippen LogP contribution in [0.25, 0.3) is 0 Å². The Balaban J connectivity index is 2.25. The molecule has 1 atom stereocenters. The molecule has 0 fully saturated rings. The van der Waals surface area contributed by atoms with Crippen LogP contribution in [-0.4, -0.2) is 29.3 Å². The highest BCUT2D eigenvalue weighted by atomic mass is 19.1. The van der Waals surface area contributed by atoms with Crippen LogP contribution < -0.4 is 5.32 Å². The second kappa shape index (κ2) is 9.86. The first-order chi connectivity index (χ1) is 12.9. The van der Waals surface area contributed by atoms with Gasteiger partial charge in [-0.3, -0.25) is 9.59 Å². The van der Waals surface area contributed by atoms with Gasteiger partial charge in [0.15, 0.2) is 0 Å². The molecule has 0 aliphatic rings. The van der Waals surface area contributed by atoms with Gasteiger partial charge in [0.2, 0.25) is 11.8 Å². The Morgan fingerprint density at radius 2 is 1.70 bits per heavy atom. The maximum absolute atomic E-state index is 14.0. The third-order valence-electron chi connectivity index (χ3n) is 4.62. The second-order valence-electron chi connectivity index (χ2n) is 6.68. The van der Waals surface area contributed by atoms with Crippen LogP contribution in [0, 0.1) is 12.7 Å². The third-order valence-corrected chi connectivity index (χ3v) is 4.62. The predicted molar refractivity (Wildman–Crippen MR) is 105 cm³/mol. The zero-order valence-corrected chi connectivity index (χ0v) is 16.2. The number of rotatable bonds is 8. The van der Waals surface area contributed by atoms with Gasteiger partial charge in [-0.05, 0) is 43.0 Å². The summed E-state index contributed by atoms with van der Waals surface area (Å²) in [4.78, 5) is 27.0. The number of halogens is 1. The van der Waals surface area contributed by atoms with Crippen molar-refractivity contribution in [3.8, 4) is 0 Å². The van der Waals surface area contributed by atoms with Crippen LogP contribution in [0.2, 0.25) is 0 Å². The Morgan fingerprint density at radius 1 is 1.07 bits per heavy atom. The number of amides is 2. The molecule has 0 unspecified atom stereocenters. The lowest BCUT2D eigenvalue weighted by Gasteiger charge is -2.29. The summed E-state index contributed by atoms with van der Waals surface area (Å²) in [7, 11) is 0. The van der Waals surface area contributed by atoms with Gasteiger partial charge in [0, 0.05) is 13.1 Å². The fourth-order valence-corrected chi connectivity index (χ4v) is 2.86. The van der Waals surface area contributed by atoms with Crippen LogP contribution in [0.1, 0.15) is 37.0 Å². The van der Waals surface area contributed by atoms with Crippen molar-refractivity contribution < 1.29 is 14.0 Å². The summed E-state index contributed by atoms with van der Waals surface area (Å²) in [5, 5.41) is 2.84. The average molecular weight is 370 g/mol. The molecule has 0 saturated heterocycles. The molecule has 0 bridgehead atoms. The predicted octanol–water partition coefficient (Wildman–Crippen LogP) is 3.62. The maximum atomic E-state index is 14.0. The van der Waals surface area contributed by atoms with E-state index in [2.05, 4.69) is 5.32 Å². The molecule has 0 heterocycles. The Bertz CT molecular complexity index is 791. The highest BCUT2D eigenvalue weighted by molar-refractivity contribution is 5.88. The molecule has 0 saturated carbocycles. The summed E-state index contributed by atoms with van der Waals surface area (Å²) in [5.74, 6) is -0.889. The molecule has 2 amide bonds. The number of carbonyl (C=O) groups excluding carboxylic acids is 2. The summed E-state index contributed by atoms with van der Waals surface area (Å²) in [6.45, 7) is 6.52. The van der Waals surface area contributed by atoms with Gasteiger partial charge < -0.3 is 10.2 Å².